The van der Waals surface area contributed by atoms with Gasteiger partial charge in [-0.05, 0) is 18.8 Å². The van der Waals surface area contributed by atoms with Gasteiger partial charge in [-0.1, -0.05) is 0 Å². The maximum Gasteiger partial charge on any atom is 0.404 e. The zero-order valence-corrected chi connectivity index (χ0v) is 5.58. The Morgan fingerprint density at radius 3 is 2.60 bits per heavy atom. The van der Waals surface area contributed by atoms with Crippen molar-refractivity contribution in [2.75, 3.05) is 6.54 Å². The highest BCUT2D eigenvalue weighted by molar-refractivity contribution is 5.64. The fourth-order valence-corrected chi connectivity index (χ4v) is 1.10. The molecule has 0 aromatic rings. The Balaban J connectivity index is 2.00. The van der Waals surface area contributed by atoms with Crippen molar-refractivity contribution in [1.29, 1.82) is 0 Å². The largest absolute Gasteiger partial charge is 0.465 e. The van der Waals surface area contributed by atoms with Gasteiger partial charge in [0.05, 0.1) is 6.10 Å². The van der Waals surface area contributed by atoms with Crippen LogP contribution in [0, 0.1) is 5.92 Å². The topological polar surface area (TPSA) is 69.6 Å². The van der Waals surface area contributed by atoms with E-state index >= 15 is 0 Å². The molecular formula is C6H11NO3. The fourth-order valence-electron chi connectivity index (χ4n) is 1.10. The van der Waals surface area contributed by atoms with Crippen LogP contribution in [0.1, 0.15) is 12.8 Å². The second kappa shape index (κ2) is 2.88. The predicted octanol–water partition coefficient (Wildman–Crippen LogP) is 0.0249. The monoisotopic (exact) mass is 145 g/mol. The van der Waals surface area contributed by atoms with Gasteiger partial charge in [0.2, 0.25) is 0 Å². The van der Waals surface area contributed by atoms with E-state index in [4.69, 9.17) is 10.2 Å². The lowest BCUT2D eigenvalue weighted by Gasteiger charge is -2.30. The molecule has 1 rings (SSSR count). The van der Waals surface area contributed by atoms with E-state index in [1.54, 1.807) is 0 Å². The molecule has 10 heavy (non-hydrogen) atoms. The molecule has 0 aromatic carbocycles. The Labute approximate surface area is 58.9 Å². The van der Waals surface area contributed by atoms with Crippen molar-refractivity contribution < 1.29 is 15.0 Å². The minimum Gasteiger partial charge on any atom is -0.465 e. The van der Waals surface area contributed by atoms with Gasteiger partial charge in [0, 0.05) is 6.54 Å². The molecule has 0 unspecified atom stereocenters. The number of hydrogen-bond donors (Lipinski definition) is 3. The van der Waals surface area contributed by atoms with Gasteiger partial charge in [-0.25, -0.2) is 4.79 Å². The summed E-state index contributed by atoms with van der Waals surface area (Å²) < 4.78 is 0. The van der Waals surface area contributed by atoms with Crippen LogP contribution in [0.25, 0.3) is 0 Å². The van der Waals surface area contributed by atoms with Crippen LogP contribution in [-0.2, 0) is 0 Å². The minimum absolute atomic E-state index is 0.194. The molecule has 1 saturated carbocycles. The highest BCUT2D eigenvalue weighted by atomic mass is 16.4. The number of rotatable bonds is 2. The molecule has 1 amide bonds. The van der Waals surface area contributed by atoms with E-state index in [1.165, 1.54) is 0 Å². The Morgan fingerprint density at radius 2 is 2.20 bits per heavy atom. The van der Waals surface area contributed by atoms with Crippen LogP contribution in [-0.4, -0.2) is 29.0 Å². The average Bonchev–Trinajstić information content (AvgIpc) is 1.77. The van der Waals surface area contributed by atoms with Crippen LogP contribution in [0.2, 0.25) is 0 Å². The summed E-state index contributed by atoms with van der Waals surface area (Å²) in [6.45, 7) is 0.479. The fraction of sp³-hybridized carbons (Fsp3) is 0.833. The zero-order chi connectivity index (χ0) is 7.56. The molecule has 58 valence electrons. The summed E-state index contributed by atoms with van der Waals surface area (Å²) in [6, 6.07) is 0. The number of amides is 1. The molecule has 3 N–H and O–H groups in total. The maximum atomic E-state index is 9.95. The molecule has 0 atom stereocenters. The Morgan fingerprint density at radius 1 is 1.60 bits per heavy atom. The van der Waals surface area contributed by atoms with Gasteiger partial charge in [-0.15, -0.1) is 0 Å². The van der Waals surface area contributed by atoms with Crippen LogP contribution >= 0.6 is 0 Å². The van der Waals surface area contributed by atoms with Crippen LogP contribution in [0.3, 0.4) is 0 Å². The van der Waals surface area contributed by atoms with E-state index in [0.29, 0.717) is 12.5 Å². The lowest BCUT2D eigenvalue weighted by Crippen LogP contribution is -2.37. The van der Waals surface area contributed by atoms with E-state index in [1.807, 2.05) is 0 Å². The number of hydrogen-bond acceptors (Lipinski definition) is 2. The maximum absolute atomic E-state index is 9.95. The molecule has 0 heterocycles. The summed E-state index contributed by atoms with van der Waals surface area (Å²) in [7, 11) is 0. The Hall–Kier alpha value is -0.770. The first-order valence-corrected chi connectivity index (χ1v) is 3.33. The van der Waals surface area contributed by atoms with E-state index in [9.17, 15) is 4.79 Å². The van der Waals surface area contributed by atoms with E-state index in [2.05, 4.69) is 5.32 Å². The highest BCUT2D eigenvalue weighted by Crippen LogP contribution is 2.25. The SMILES string of the molecule is O=C(O)NCC1CC(O)C1. The first-order chi connectivity index (χ1) is 4.68. The smallest absolute Gasteiger partial charge is 0.404 e. The number of aliphatic hydroxyl groups is 1. The second-order valence-electron chi connectivity index (χ2n) is 2.68. The first-order valence-electron chi connectivity index (χ1n) is 3.33. The molecule has 0 bridgehead atoms. The van der Waals surface area contributed by atoms with Crippen LogP contribution < -0.4 is 5.32 Å². The predicted molar refractivity (Wildman–Crippen MR) is 34.8 cm³/mol. The van der Waals surface area contributed by atoms with E-state index in [-0.39, 0.29) is 6.10 Å². The third-order valence-electron chi connectivity index (χ3n) is 1.75. The summed E-state index contributed by atoms with van der Waals surface area (Å²) in [6.07, 6.45) is 0.294. The summed E-state index contributed by atoms with van der Waals surface area (Å²) in [4.78, 5) is 9.95. The van der Waals surface area contributed by atoms with Gasteiger partial charge in [-0.3, -0.25) is 0 Å². The summed E-state index contributed by atoms with van der Waals surface area (Å²) in [5, 5.41) is 19.3. The van der Waals surface area contributed by atoms with Crippen molar-refractivity contribution in [3.8, 4) is 0 Å². The molecule has 0 spiro atoms. The molecule has 4 heteroatoms. The van der Waals surface area contributed by atoms with Crippen molar-refractivity contribution in [2.24, 2.45) is 5.92 Å². The summed E-state index contributed by atoms with van der Waals surface area (Å²) >= 11 is 0. The van der Waals surface area contributed by atoms with Crippen molar-refractivity contribution in [1.82, 2.24) is 5.32 Å². The molecule has 1 aliphatic carbocycles. The molecule has 0 aromatic heterocycles. The lowest BCUT2D eigenvalue weighted by molar-refractivity contribution is 0.0431. The van der Waals surface area contributed by atoms with Crippen molar-refractivity contribution >= 4 is 6.09 Å². The average molecular weight is 145 g/mol. The number of carbonyl (C=O) groups is 1. The standard InChI is InChI=1S/C6H11NO3/c8-5-1-4(2-5)3-7-6(9)10/h4-5,7-8H,1-3H2,(H,9,10). The van der Waals surface area contributed by atoms with E-state index < -0.39 is 6.09 Å². The number of nitrogens with one attached hydrogen (secondary N) is 1. The summed E-state index contributed by atoms with van der Waals surface area (Å²) in [5.74, 6) is 0.353. The molecule has 1 fully saturated rings. The van der Waals surface area contributed by atoms with Gasteiger partial charge in [0.15, 0.2) is 0 Å². The normalized spacial score (nSPS) is 30.9. The van der Waals surface area contributed by atoms with Gasteiger partial charge < -0.3 is 15.5 Å². The zero-order valence-electron chi connectivity index (χ0n) is 5.58. The van der Waals surface area contributed by atoms with Crippen molar-refractivity contribution in [3.05, 3.63) is 0 Å². The van der Waals surface area contributed by atoms with Crippen LogP contribution in [0.15, 0.2) is 0 Å². The third kappa shape index (κ3) is 1.88. The minimum atomic E-state index is -0.985. The third-order valence-corrected chi connectivity index (χ3v) is 1.75. The molecule has 1 aliphatic rings. The van der Waals surface area contributed by atoms with Crippen LogP contribution in [0.5, 0.6) is 0 Å². The molecule has 0 saturated heterocycles. The van der Waals surface area contributed by atoms with Crippen molar-refractivity contribution in [2.45, 2.75) is 18.9 Å². The molecular weight excluding hydrogens is 134 g/mol. The Kier molecular flexibility index (Phi) is 2.11. The van der Waals surface area contributed by atoms with Gasteiger partial charge in [0.1, 0.15) is 0 Å². The van der Waals surface area contributed by atoms with Crippen LogP contribution in [0.4, 0.5) is 4.79 Å². The summed E-state index contributed by atoms with van der Waals surface area (Å²) in [5.41, 5.74) is 0. The highest BCUT2D eigenvalue weighted by Gasteiger charge is 2.26. The molecule has 4 nitrogen and oxygen atoms in total. The van der Waals surface area contributed by atoms with E-state index in [0.717, 1.165) is 12.8 Å². The Bertz CT molecular complexity index is 131. The second-order valence-corrected chi connectivity index (χ2v) is 2.68. The van der Waals surface area contributed by atoms with Crippen molar-refractivity contribution in [3.63, 3.8) is 0 Å². The molecule has 0 radical (unpaired) electrons. The van der Waals surface area contributed by atoms with Gasteiger partial charge >= 0.3 is 6.09 Å². The van der Waals surface area contributed by atoms with Gasteiger partial charge in [-0.2, -0.15) is 0 Å². The molecule has 0 aliphatic heterocycles. The quantitative estimate of drug-likeness (QED) is 0.513. The lowest BCUT2D eigenvalue weighted by atomic mass is 9.82. The number of aliphatic hydroxyl groups excluding tert-OH is 1. The van der Waals surface area contributed by atoms with Gasteiger partial charge in [0.25, 0.3) is 0 Å². The first kappa shape index (κ1) is 7.34. The number of carboxylic acid groups (broad SMARTS) is 1.